The van der Waals surface area contributed by atoms with Gasteiger partial charge in [0.1, 0.15) is 11.8 Å². The van der Waals surface area contributed by atoms with Crippen LogP contribution in [0.25, 0.3) is 5.57 Å². The number of hydrazone groups is 1. The summed E-state index contributed by atoms with van der Waals surface area (Å²) in [6.45, 7) is 11.4. The molecule has 0 radical (unpaired) electrons. The number of nitrogens with one attached hydrogen (secondary N) is 1. The number of rotatable bonds is 13. The Morgan fingerprint density at radius 2 is 1.51 bits per heavy atom. The van der Waals surface area contributed by atoms with Gasteiger partial charge in [0.25, 0.3) is 5.91 Å². The van der Waals surface area contributed by atoms with Gasteiger partial charge in [0.2, 0.25) is 11.7 Å². The lowest BCUT2D eigenvalue weighted by molar-refractivity contribution is -0.127. The minimum atomic E-state index is -0.645. The predicted octanol–water partition coefficient (Wildman–Crippen LogP) is 9.01. The van der Waals surface area contributed by atoms with Gasteiger partial charge in [-0.2, -0.15) is 5.10 Å². The van der Waals surface area contributed by atoms with E-state index < -0.39 is 23.1 Å². The largest absolute Gasteiger partial charge is 0.506 e. The lowest BCUT2D eigenvalue weighted by Gasteiger charge is -2.29. The Balaban J connectivity index is 1.45. The van der Waals surface area contributed by atoms with Crippen molar-refractivity contribution in [2.24, 2.45) is 16.4 Å². The van der Waals surface area contributed by atoms with Crippen molar-refractivity contribution in [3.05, 3.63) is 112 Å². The van der Waals surface area contributed by atoms with Crippen LogP contribution in [0.5, 0.6) is 0 Å². The highest BCUT2D eigenvalue weighted by atomic mass is 16.3. The Bertz CT molecular complexity index is 1840. The normalized spacial score (nSPS) is 18.1. The molecule has 2 N–H and O–H groups in total. The van der Waals surface area contributed by atoms with E-state index in [9.17, 15) is 19.5 Å². The van der Waals surface area contributed by atoms with E-state index in [-0.39, 0.29) is 28.4 Å². The number of carbonyl (C=O) groups is 3. The van der Waals surface area contributed by atoms with Crippen LogP contribution in [0.3, 0.4) is 0 Å². The van der Waals surface area contributed by atoms with Crippen molar-refractivity contribution in [1.82, 2.24) is 5.01 Å². The standard InChI is InChI=1S/C43H50N4O4/c1-6-43(4,5)42(51)44-34-27-31(46(7-2)8-3)24-25-32(34)35-39(48)37(40(35)49)36-33(26-23-28-17-15-16-18-28)45-47(41(36)50)38(29-19-11-9-12-20-29)30-21-13-10-14-22-30/h9-14,19-22,24-25,27-28,38,48H,6-8,15-18,23,26H2,1-5H3,(H,44,51)/b37-36-. The van der Waals surface area contributed by atoms with Crippen LogP contribution in [0.2, 0.25) is 0 Å². The molecule has 8 heteroatoms. The van der Waals surface area contributed by atoms with Gasteiger partial charge in [0, 0.05) is 29.8 Å². The predicted molar refractivity (Wildman–Crippen MR) is 204 cm³/mol. The molecule has 0 saturated heterocycles. The molecule has 0 spiro atoms. The number of aliphatic hydroxyl groups excluding tert-OH is 1. The number of benzene rings is 3. The van der Waals surface area contributed by atoms with E-state index in [4.69, 9.17) is 5.10 Å². The van der Waals surface area contributed by atoms with Crippen molar-refractivity contribution < 1.29 is 19.5 Å². The molecule has 3 aromatic carbocycles. The number of nitrogens with zero attached hydrogens (tertiary/aromatic N) is 3. The van der Waals surface area contributed by atoms with Crippen LogP contribution >= 0.6 is 0 Å². The number of carbonyl (C=O) groups excluding carboxylic acids is 3. The number of ketones is 1. The van der Waals surface area contributed by atoms with E-state index in [2.05, 4.69) is 24.1 Å². The molecule has 8 nitrogen and oxygen atoms in total. The topological polar surface area (TPSA) is 102 Å². The Kier molecular flexibility index (Phi) is 10.6. The van der Waals surface area contributed by atoms with Gasteiger partial charge in [-0.25, -0.2) is 5.01 Å². The molecule has 0 atom stereocenters. The van der Waals surface area contributed by atoms with Crippen molar-refractivity contribution in [2.45, 2.75) is 85.6 Å². The van der Waals surface area contributed by atoms with Crippen LogP contribution in [-0.2, 0) is 14.4 Å². The average Bonchev–Trinajstić information content (AvgIpc) is 3.78. The Morgan fingerprint density at radius 1 is 0.902 bits per heavy atom. The second kappa shape index (κ2) is 15.1. The Hall–Kier alpha value is -4.98. The van der Waals surface area contributed by atoms with Crippen LogP contribution in [0.1, 0.15) is 102 Å². The molecule has 1 saturated carbocycles. The number of hydrogen-bond acceptors (Lipinski definition) is 6. The van der Waals surface area contributed by atoms with Crippen LogP contribution < -0.4 is 10.2 Å². The minimum absolute atomic E-state index is 0.00142. The number of anilines is 2. The maximum Gasteiger partial charge on any atom is 0.277 e. The van der Waals surface area contributed by atoms with Gasteiger partial charge in [0.15, 0.2) is 0 Å². The fraction of sp³-hybridized carbons (Fsp3) is 0.395. The summed E-state index contributed by atoms with van der Waals surface area (Å²) in [7, 11) is 0. The van der Waals surface area contributed by atoms with E-state index >= 15 is 0 Å². The fourth-order valence-electron chi connectivity index (χ4n) is 7.43. The number of allylic oxidation sites excluding steroid dienone is 2. The highest BCUT2D eigenvalue weighted by molar-refractivity contribution is 6.44. The zero-order valence-electron chi connectivity index (χ0n) is 30.5. The lowest BCUT2D eigenvalue weighted by atomic mass is 9.78. The third-order valence-electron chi connectivity index (χ3n) is 11.0. The summed E-state index contributed by atoms with van der Waals surface area (Å²) in [6, 6.07) is 24.6. The van der Waals surface area contributed by atoms with Crippen molar-refractivity contribution in [2.75, 3.05) is 23.3 Å². The van der Waals surface area contributed by atoms with Gasteiger partial charge in [-0.05, 0) is 68.4 Å². The number of Topliss-reactive ketones (excluding diaryl/α,β-unsaturated/α-hetero) is 1. The maximum atomic E-state index is 14.6. The van der Waals surface area contributed by atoms with Gasteiger partial charge >= 0.3 is 0 Å². The van der Waals surface area contributed by atoms with Gasteiger partial charge in [-0.3, -0.25) is 14.4 Å². The minimum Gasteiger partial charge on any atom is -0.506 e. The van der Waals surface area contributed by atoms with E-state index in [0.29, 0.717) is 35.7 Å². The Morgan fingerprint density at radius 3 is 2.06 bits per heavy atom. The van der Waals surface area contributed by atoms with Crippen LogP contribution in [0, 0.1) is 11.3 Å². The molecule has 2 aliphatic carbocycles. The molecular weight excluding hydrogens is 636 g/mol. The summed E-state index contributed by atoms with van der Waals surface area (Å²) in [5.41, 5.74) is 3.73. The smallest absolute Gasteiger partial charge is 0.277 e. The van der Waals surface area contributed by atoms with E-state index in [1.54, 1.807) is 6.07 Å². The molecular formula is C43H50N4O4. The lowest BCUT2D eigenvalue weighted by Crippen LogP contribution is -2.33. The summed E-state index contributed by atoms with van der Waals surface area (Å²) in [5.74, 6) is -0.706. The SMILES string of the molecule is CCN(CC)c1ccc(C2=C(O)/C(=C3/C(=O)N(C(c4ccccc4)c4ccccc4)N=C3CCC3CCCC3)C2=O)c(NC(=O)C(C)(C)CC)c1. The fourth-order valence-corrected chi connectivity index (χ4v) is 7.43. The molecule has 3 aromatic rings. The highest BCUT2D eigenvalue weighted by Gasteiger charge is 2.46. The first kappa shape index (κ1) is 35.8. The van der Waals surface area contributed by atoms with Crippen molar-refractivity contribution >= 4 is 40.3 Å². The number of aliphatic hydroxyl groups is 1. The van der Waals surface area contributed by atoms with Crippen LogP contribution in [0.4, 0.5) is 11.4 Å². The third kappa shape index (κ3) is 7.01. The monoisotopic (exact) mass is 686 g/mol. The summed E-state index contributed by atoms with van der Waals surface area (Å²) < 4.78 is 0. The van der Waals surface area contributed by atoms with Gasteiger partial charge in [-0.1, -0.05) is 107 Å². The first-order chi connectivity index (χ1) is 24.6. The van der Waals surface area contributed by atoms with Crippen molar-refractivity contribution in [3.63, 3.8) is 0 Å². The summed E-state index contributed by atoms with van der Waals surface area (Å²) >= 11 is 0. The van der Waals surface area contributed by atoms with E-state index in [0.717, 1.165) is 49.2 Å². The van der Waals surface area contributed by atoms with Crippen LogP contribution in [0.15, 0.2) is 101 Å². The van der Waals surface area contributed by atoms with Crippen molar-refractivity contribution in [1.29, 1.82) is 0 Å². The van der Waals surface area contributed by atoms with Crippen molar-refractivity contribution in [3.8, 4) is 0 Å². The highest BCUT2D eigenvalue weighted by Crippen LogP contribution is 2.45. The molecule has 51 heavy (non-hydrogen) atoms. The first-order valence-corrected chi connectivity index (χ1v) is 18.5. The van der Waals surface area contributed by atoms with E-state index in [1.165, 1.54) is 17.9 Å². The zero-order valence-corrected chi connectivity index (χ0v) is 30.5. The van der Waals surface area contributed by atoms with Gasteiger partial charge < -0.3 is 15.3 Å². The molecule has 1 fully saturated rings. The summed E-state index contributed by atoms with van der Waals surface area (Å²) in [5, 5.41) is 21.3. The third-order valence-corrected chi connectivity index (χ3v) is 11.0. The summed E-state index contributed by atoms with van der Waals surface area (Å²) in [4.78, 5) is 44.5. The molecule has 0 aromatic heterocycles. The molecule has 1 heterocycles. The summed E-state index contributed by atoms with van der Waals surface area (Å²) in [6.07, 6.45) is 6.72. The second-order valence-electron chi connectivity index (χ2n) is 14.5. The van der Waals surface area contributed by atoms with E-state index in [1.807, 2.05) is 93.6 Å². The molecule has 2 amide bonds. The first-order valence-electron chi connectivity index (χ1n) is 18.5. The van der Waals surface area contributed by atoms with Gasteiger partial charge in [-0.15, -0.1) is 0 Å². The quantitative estimate of drug-likeness (QED) is 0.175. The molecule has 1 aliphatic heterocycles. The molecule has 0 unspecified atom stereocenters. The molecule has 3 aliphatic rings. The van der Waals surface area contributed by atoms with Crippen LogP contribution in [-0.4, -0.2) is 46.5 Å². The molecule has 266 valence electrons. The number of amides is 2. The zero-order chi connectivity index (χ0) is 36.3. The Labute approximate surface area is 301 Å². The molecule has 0 bridgehead atoms. The average molecular weight is 687 g/mol. The second-order valence-corrected chi connectivity index (χ2v) is 14.5. The maximum absolute atomic E-state index is 14.6. The molecule has 6 rings (SSSR count). The number of hydrogen-bond donors (Lipinski definition) is 2. The van der Waals surface area contributed by atoms with Gasteiger partial charge in [0.05, 0.1) is 28.1 Å².